The molecule has 1 unspecified atom stereocenters. The van der Waals surface area contributed by atoms with Crippen molar-refractivity contribution in [3.63, 3.8) is 0 Å². The summed E-state index contributed by atoms with van der Waals surface area (Å²) in [5.41, 5.74) is 1.21. The minimum atomic E-state index is -4.02. The fourth-order valence-corrected chi connectivity index (χ4v) is 6.10. The van der Waals surface area contributed by atoms with Crippen LogP contribution in [0.5, 0.6) is 0 Å². The SMILES string of the molecule is CCC(C)NS(=O)(=O)c1ccc(S(=O)(=O)N(CCc2ccccc2)Cc2ccccc2F)cc1. The maximum absolute atomic E-state index is 14.3. The van der Waals surface area contributed by atoms with Gasteiger partial charge in [-0.1, -0.05) is 55.5 Å². The van der Waals surface area contributed by atoms with Gasteiger partial charge in [-0.2, -0.15) is 4.31 Å². The average Bonchev–Trinajstić information content (AvgIpc) is 2.83. The van der Waals surface area contributed by atoms with Crippen LogP contribution in [-0.2, 0) is 33.0 Å². The molecule has 1 N–H and O–H groups in total. The fourth-order valence-electron chi connectivity index (χ4n) is 3.36. The van der Waals surface area contributed by atoms with E-state index in [1.54, 1.807) is 25.1 Å². The number of benzene rings is 3. The highest BCUT2D eigenvalue weighted by atomic mass is 32.2. The third-order valence-electron chi connectivity index (χ3n) is 5.54. The normalized spacial score (nSPS) is 13.2. The number of sulfonamides is 2. The fraction of sp³-hybridized carbons (Fsp3) is 0.280. The summed E-state index contributed by atoms with van der Waals surface area (Å²) in [5.74, 6) is -0.486. The summed E-state index contributed by atoms with van der Waals surface area (Å²) < 4.78 is 70.1. The molecule has 0 saturated heterocycles. The van der Waals surface area contributed by atoms with Crippen LogP contribution < -0.4 is 4.72 Å². The molecule has 182 valence electrons. The molecule has 0 radical (unpaired) electrons. The zero-order valence-electron chi connectivity index (χ0n) is 19.2. The Morgan fingerprint density at radius 3 is 2.06 bits per heavy atom. The largest absolute Gasteiger partial charge is 0.243 e. The number of hydrogen-bond acceptors (Lipinski definition) is 4. The standard InChI is InChI=1S/C25H29FN2O4S2/c1-3-20(2)27-33(29,30)23-13-15-24(16-14-23)34(31,32)28(18-17-21-9-5-4-6-10-21)19-22-11-7-8-12-25(22)26/h4-16,20,27H,3,17-19H2,1-2H3. The minimum Gasteiger partial charge on any atom is -0.208 e. The average molecular weight is 505 g/mol. The maximum Gasteiger partial charge on any atom is 0.243 e. The molecule has 3 aromatic carbocycles. The summed E-state index contributed by atoms with van der Waals surface area (Å²) in [4.78, 5) is -0.0731. The Balaban J connectivity index is 1.90. The Bertz CT molecular complexity index is 1300. The molecule has 0 aliphatic heterocycles. The van der Waals surface area contributed by atoms with Gasteiger partial charge in [0.25, 0.3) is 0 Å². The highest BCUT2D eigenvalue weighted by molar-refractivity contribution is 7.89. The molecule has 6 nitrogen and oxygen atoms in total. The zero-order chi connectivity index (χ0) is 24.8. The van der Waals surface area contributed by atoms with Crippen molar-refractivity contribution in [1.82, 2.24) is 9.03 Å². The van der Waals surface area contributed by atoms with Crippen LogP contribution in [0.1, 0.15) is 31.4 Å². The molecule has 0 saturated carbocycles. The van der Waals surface area contributed by atoms with Crippen molar-refractivity contribution >= 4 is 20.0 Å². The summed E-state index contributed by atoms with van der Waals surface area (Å²) in [6.45, 7) is 3.61. The number of halogens is 1. The van der Waals surface area contributed by atoms with Gasteiger partial charge in [-0.15, -0.1) is 0 Å². The molecule has 0 bridgehead atoms. The van der Waals surface area contributed by atoms with Crippen molar-refractivity contribution in [2.75, 3.05) is 6.54 Å². The van der Waals surface area contributed by atoms with Crippen LogP contribution >= 0.6 is 0 Å². The van der Waals surface area contributed by atoms with Crippen molar-refractivity contribution in [3.05, 3.63) is 95.8 Å². The van der Waals surface area contributed by atoms with Gasteiger partial charge < -0.3 is 0 Å². The van der Waals surface area contributed by atoms with Crippen molar-refractivity contribution in [2.24, 2.45) is 0 Å². The third kappa shape index (κ3) is 6.50. The highest BCUT2D eigenvalue weighted by Crippen LogP contribution is 2.22. The first-order valence-corrected chi connectivity index (χ1v) is 14.0. The molecule has 34 heavy (non-hydrogen) atoms. The molecule has 0 aromatic heterocycles. The summed E-state index contributed by atoms with van der Waals surface area (Å²) >= 11 is 0. The van der Waals surface area contributed by atoms with Crippen molar-refractivity contribution in [3.8, 4) is 0 Å². The van der Waals surface area contributed by atoms with Gasteiger partial charge >= 0.3 is 0 Å². The first kappa shape index (κ1) is 26.0. The molecule has 0 heterocycles. The molecule has 3 aromatic rings. The maximum atomic E-state index is 14.3. The van der Waals surface area contributed by atoms with Crippen LogP contribution in [-0.4, -0.2) is 33.7 Å². The topological polar surface area (TPSA) is 83.5 Å². The van der Waals surface area contributed by atoms with E-state index in [0.29, 0.717) is 12.8 Å². The quantitative estimate of drug-likeness (QED) is 0.421. The van der Waals surface area contributed by atoms with Gasteiger partial charge in [-0.05, 0) is 55.7 Å². The lowest BCUT2D eigenvalue weighted by atomic mass is 10.1. The van der Waals surface area contributed by atoms with E-state index in [0.717, 1.165) is 5.56 Å². The molecule has 0 amide bonds. The van der Waals surface area contributed by atoms with Crippen LogP contribution in [0.4, 0.5) is 4.39 Å². The molecule has 0 aliphatic rings. The van der Waals surface area contributed by atoms with E-state index in [1.807, 2.05) is 37.3 Å². The van der Waals surface area contributed by atoms with E-state index in [-0.39, 0.29) is 34.5 Å². The van der Waals surface area contributed by atoms with Gasteiger partial charge in [0.1, 0.15) is 5.82 Å². The highest BCUT2D eigenvalue weighted by Gasteiger charge is 2.26. The molecule has 9 heteroatoms. The van der Waals surface area contributed by atoms with Crippen LogP contribution in [0.2, 0.25) is 0 Å². The monoisotopic (exact) mass is 504 g/mol. The van der Waals surface area contributed by atoms with Gasteiger partial charge in [-0.3, -0.25) is 0 Å². The summed E-state index contributed by atoms with van der Waals surface area (Å²) in [6.07, 6.45) is 1.07. The second-order valence-corrected chi connectivity index (χ2v) is 11.7. The van der Waals surface area contributed by atoms with Crippen molar-refractivity contribution in [2.45, 2.75) is 49.1 Å². The number of rotatable bonds is 11. The number of hydrogen-bond donors (Lipinski definition) is 1. The second-order valence-electron chi connectivity index (χ2n) is 8.07. The van der Waals surface area contributed by atoms with Gasteiger partial charge in [0.05, 0.1) is 9.79 Å². The van der Waals surface area contributed by atoms with Crippen LogP contribution in [0.3, 0.4) is 0 Å². The van der Waals surface area contributed by atoms with Gasteiger partial charge in [-0.25, -0.2) is 25.9 Å². The molecule has 0 aliphatic carbocycles. The number of nitrogens with one attached hydrogen (secondary N) is 1. The van der Waals surface area contributed by atoms with E-state index in [4.69, 9.17) is 0 Å². The Morgan fingerprint density at radius 2 is 1.44 bits per heavy atom. The van der Waals surface area contributed by atoms with E-state index in [1.165, 1.54) is 34.6 Å². The van der Waals surface area contributed by atoms with E-state index >= 15 is 0 Å². The summed E-state index contributed by atoms with van der Waals surface area (Å²) in [6, 6.07) is 20.3. The third-order valence-corrected chi connectivity index (χ3v) is 9.00. The Hall–Kier alpha value is -2.59. The number of nitrogens with zero attached hydrogens (tertiary/aromatic N) is 1. The first-order chi connectivity index (χ1) is 16.1. The summed E-state index contributed by atoms with van der Waals surface area (Å²) in [5, 5.41) is 0. The van der Waals surface area contributed by atoms with E-state index in [9.17, 15) is 21.2 Å². The Morgan fingerprint density at radius 1 is 0.853 bits per heavy atom. The molecular weight excluding hydrogens is 475 g/mol. The predicted molar refractivity (Wildman–Crippen MR) is 131 cm³/mol. The van der Waals surface area contributed by atoms with Crippen LogP contribution in [0.15, 0.2) is 88.7 Å². The van der Waals surface area contributed by atoms with Gasteiger partial charge in [0.15, 0.2) is 0 Å². The lowest BCUT2D eigenvalue weighted by Crippen LogP contribution is -2.33. The Labute approximate surface area is 201 Å². The van der Waals surface area contributed by atoms with Gasteiger partial charge in [0, 0.05) is 24.7 Å². The molecule has 0 fully saturated rings. The van der Waals surface area contributed by atoms with Crippen molar-refractivity contribution in [1.29, 1.82) is 0 Å². The molecule has 3 rings (SSSR count). The molecular formula is C25H29FN2O4S2. The Kier molecular flexibility index (Phi) is 8.59. The zero-order valence-corrected chi connectivity index (χ0v) is 20.8. The van der Waals surface area contributed by atoms with E-state index in [2.05, 4.69) is 4.72 Å². The second kappa shape index (κ2) is 11.2. The first-order valence-electron chi connectivity index (χ1n) is 11.0. The van der Waals surface area contributed by atoms with Crippen LogP contribution in [0, 0.1) is 5.82 Å². The lowest BCUT2D eigenvalue weighted by molar-refractivity contribution is 0.402. The van der Waals surface area contributed by atoms with Crippen molar-refractivity contribution < 1.29 is 21.2 Å². The minimum absolute atomic E-state index is 0.0170. The smallest absolute Gasteiger partial charge is 0.208 e. The lowest BCUT2D eigenvalue weighted by Gasteiger charge is -2.23. The molecule has 1 atom stereocenters. The van der Waals surface area contributed by atoms with E-state index < -0.39 is 25.9 Å². The van der Waals surface area contributed by atoms with Gasteiger partial charge in [0.2, 0.25) is 20.0 Å². The predicted octanol–water partition coefficient (Wildman–Crippen LogP) is 4.34. The molecule has 0 spiro atoms. The van der Waals surface area contributed by atoms with Crippen LogP contribution in [0.25, 0.3) is 0 Å². The summed E-state index contributed by atoms with van der Waals surface area (Å²) in [7, 11) is -7.79.